The Labute approximate surface area is 215 Å². The number of pyridine rings is 1. The van der Waals surface area contributed by atoms with E-state index in [4.69, 9.17) is 0 Å². The van der Waals surface area contributed by atoms with Gasteiger partial charge in [-0.05, 0) is 68.5 Å². The van der Waals surface area contributed by atoms with Crippen molar-refractivity contribution in [2.45, 2.75) is 64.6 Å². The molecule has 1 N–H and O–H groups in total. The highest BCUT2D eigenvalue weighted by Gasteiger charge is 2.31. The monoisotopic (exact) mass is 513 g/mol. The molecule has 1 saturated carbocycles. The second-order valence-corrected chi connectivity index (χ2v) is 9.84. The molecule has 1 atom stereocenters. The molecule has 9 heteroatoms. The van der Waals surface area contributed by atoms with Crippen LogP contribution in [-0.4, -0.2) is 39.2 Å². The van der Waals surface area contributed by atoms with Gasteiger partial charge < -0.3 is 10.2 Å². The van der Waals surface area contributed by atoms with Gasteiger partial charge in [-0.15, -0.1) is 0 Å². The summed E-state index contributed by atoms with van der Waals surface area (Å²) in [6.07, 6.45) is 4.88. The Hall–Kier alpha value is -3.36. The first-order valence-electron chi connectivity index (χ1n) is 12.9. The van der Waals surface area contributed by atoms with Crippen molar-refractivity contribution in [3.8, 4) is 5.82 Å². The van der Waals surface area contributed by atoms with Gasteiger partial charge in [0.1, 0.15) is 0 Å². The third-order valence-corrected chi connectivity index (χ3v) is 7.06. The predicted molar refractivity (Wildman–Crippen MR) is 138 cm³/mol. The molecule has 0 bridgehead atoms. The number of hydrogen-bond donors (Lipinski definition) is 1. The Morgan fingerprint density at radius 2 is 1.84 bits per heavy atom. The maximum absolute atomic E-state index is 13.0. The summed E-state index contributed by atoms with van der Waals surface area (Å²) in [6, 6.07) is 9.89. The number of halogens is 3. The summed E-state index contributed by atoms with van der Waals surface area (Å²) < 4.78 is 40.4. The molecule has 1 aliphatic carbocycles. The molecule has 3 aromatic rings. The molecule has 198 valence electrons. The summed E-state index contributed by atoms with van der Waals surface area (Å²) in [6.45, 7) is 4.67. The van der Waals surface area contributed by atoms with Gasteiger partial charge in [-0.1, -0.05) is 26.2 Å². The van der Waals surface area contributed by atoms with Gasteiger partial charge in [0.2, 0.25) is 0 Å². The highest BCUT2D eigenvalue weighted by Crippen LogP contribution is 2.38. The lowest BCUT2D eigenvalue weighted by Gasteiger charge is -2.31. The minimum Gasteiger partial charge on any atom is -0.378 e. The zero-order valence-corrected chi connectivity index (χ0v) is 21.6. The summed E-state index contributed by atoms with van der Waals surface area (Å²) in [5.74, 6) is 0.727. The average molecular weight is 514 g/mol. The van der Waals surface area contributed by atoms with Crippen LogP contribution >= 0.6 is 0 Å². The summed E-state index contributed by atoms with van der Waals surface area (Å²) in [5, 5.41) is 8.26. The topological polar surface area (TPSA) is 63.1 Å². The SMILES string of the molecule is CCCN(C)C(=O)c1ccc(NC(c2cn(-c3ccc(C(F)(F)F)cn3)nc2C)C2CCCCC2)cc1. The molecule has 1 unspecified atom stereocenters. The van der Waals surface area contributed by atoms with Crippen LogP contribution in [0.5, 0.6) is 0 Å². The highest BCUT2D eigenvalue weighted by atomic mass is 19.4. The van der Waals surface area contributed by atoms with E-state index >= 15 is 0 Å². The van der Waals surface area contributed by atoms with Gasteiger partial charge in [0.05, 0.1) is 17.3 Å². The van der Waals surface area contributed by atoms with Crippen LogP contribution < -0.4 is 5.32 Å². The Balaban J connectivity index is 1.59. The molecule has 2 aromatic heterocycles. The maximum Gasteiger partial charge on any atom is 0.417 e. The molecule has 0 aliphatic heterocycles. The number of alkyl halides is 3. The molecular weight excluding hydrogens is 479 g/mol. The molecule has 0 radical (unpaired) electrons. The lowest BCUT2D eigenvalue weighted by molar-refractivity contribution is -0.137. The number of aromatic nitrogens is 3. The van der Waals surface area contributed by atoms with Crippen molar-refractivity contribution in [1.82, 2.24) is 19.7 Å². The van der Waals surface area contributed by atoms with Crippen LogP contribution in [-0.2, 0) is 6.18 Å². The van der Waals surface area contributed by atoms with E-state index in [1.807, 2.05) is 51.4 Å². The van der Waals surface area contributed by atoms with Crippen molar-refractivity contribution in [3.63, 3.8) is 0 Å². The van der Waals surface area contributed by atoms with Crippen molar-refractivity contribution >= 4 is 11.6 Å². The zero-order chi connectivity index (χ0) is 26.6. The Morgan fingerprint density at radius 3 is 2.43 bits per heavy atom. The Morgan fingerprint density at radius 1 is 1.14 bits per heavy atom. The van der Waals surface area contributed by atoms with Gasteiger partial charge in [-0.25, -0.2) is 9.67 Å². The standard InChI is InChI=1S/C28H34F3N5O/c1-4-16-35(3)27(37)21-10-13-23(14-11-21)33-26(20-8-6-5-7-9-20)24-18-36(34-19(24)2)25-15-12-22(17-32-25)28(29,30)31/h10-15,17-18,20,26,33H,4-9,16H2,1-3H3. The first-order valence-corrected chi connectivity index (χ1v) is 12.9. The molecule has 1 amide bonds. The first-order chi connectivity index (χ1) is 17.7. The smallest absolute Gasteiger partial charge is 0.378 e. The number of anilines is 1. The van der Waals surface area contributed by atoms with Crippen molar-refractivity contribution < 1.29 is 18.0 Å². The summed E-state index contributed by atoms with van der Waals surface area (Å²) in [4.78, 5) is 18.3. The van der Waals surface area contributed by atoms with Gasteiger partial charge >= 0.3 is 6.18 Å². The van der Waals surface area contributed by atoms with Gasteiger partial charge in [0.25, 0.3) is 5.91 Å². The minimum absolute atomic E-state index is 0.00149. The van der Waals surface area contributed by atoms with Gasteiger partial charge in [-0.2, -0.15) is 18.3 Å². The number of nitrogens with one attached hydrogen (secondary N) is 1. The fourth-order valence-corrected chi connectivity index (χ4v) is 5.05. The van der Waals surface area contributed by atoms with Crippen LogP contribution in [0.2, 0.25) is 0 Å². The third kappa shape index (κ3) is 6.32. The third-order valence-electron chi connectivity index (χ3n) is 7.06. The molecule has 6 nitrogen and oxygen atoms in total. The van der Waals surface area contributed by atoms with Gasteiger partial charge in [0, 0.05) is 42.8 Å². The fourth-order valence-electron chi connectivity index (χ4n) is 5.05. The van der Waals surface area contributed by atoms with E-state index in [1.54, 1.807) is 9.58 Å². The van der Waals surface area contributed by atoms with Crippen LogP contribution in [0.25, 0.3) is 5.82 Å². The van der Waals surface area contributed by atoms with E-state index < -0.39 is 11.7 Å². The number of hydrogen-bond acceptors (Lipinski definition) is 4. The number of carbonyl (C=O) groups is 1. The Bertz CT molecular complexity index is 1180. The molecule has 4 rings (SSSR count). The van der Waals surface area contributed by atoms with E-state index in [2.05, 4.69) is 15.4 Å². The van der Waals surface area contributed by atoms with Crippen molar-refractivity contribution in [2.75, 3.05) is 18.9 Å². The lowest BCUT2D eigenvalue weighted by atomic mass is 9.81. The van der Waals surface area contributed by atoms with Crippen LogP contribution in [0, 0.1) is 12.8 Å². The van der Waals surface area contributed by atoms with Gasteiger partial charge in [-0.3, -0.25) is 4.79 Å². The number of carbonyl (C=O) groups excluding carboxylic acids is 1. The van der Waals surface area contributed by atoms with Gasteiger partial charge in [0.15, 0.2) is 5.82 Å². The number of amides is 1. The largest absolute Gasteiger partial charge is 0.417 e. The molecule has 0 saturated heterocycles. The quantitative estimate of drug-likeness (QED) is 0.359. The van der Waals surface area contributed by atoms with Crippen molar-refractivity contribution in [2.24, 2.45) is 5.92 Å². The molecule has 0 spiro atoms. The fraction of sp³-hybridized carbons (Fsp3) is 0.464. The Kier molecular flexibility index (Phi) is 8.19. The van der Waals surface area contributed by atoms with Crippen molar-refractivity contribution in [1.29, 1.82) is 0 Å². The van der Waals surface area contributed by atoms with Crippen LogP contribution in [0.4, 0.5) is 18.9 Å². The van der Waals surface area contributed by atoms with E-state index in [1.165, 1.54) is 12.5 Å². The number of benzene rings is 1. The molecular formula is C28H34F3N5O. The number of aryl methyl sites for hydroxylation is 1. The molecule has 2 heterocycles. The normalized spacial score (nSPS) is 15.4. The maximum atomic E-state index is 13.0. The summed E-state index contributed by atoms with van der Waals surface area (Å²) in [7, 11) is 1.81. The molecule has 1 aliphatic rings. The highest BCUT2D eigenvalue weighted by molar-refractivity contribution is 5.94. The van der Waals surface area contributed by atoms with Crippen LogP contribution in [0.1, 0.15) is 78.7 Å². The molecule has 1 fully saturated rings. The second-order valence-electron chi connectivity index (χ2n) is 9.84. The minimum atomic E-state index is -4.43. The molecule has 37 heavy (non-hydrogen) atoms. The van der Waals surface area contributed by atoms with E-state index in [9.17, 15) is 18.0 Å². The second kappa shape index (κ2) is 11.4. The van der Waals surface area contributed by atoms with E-state index in [-0.39, 0.29) is 11.9 Å². The van der Waals surface area contributed by atoms with Crippen LogP contribution in [0.15, 0.2) is 48.8 Å². The van der Waals surface area contributed by atoms with E-state index in [0.29, 0.717) is 23.8 Å². The predicted octanol–water partition coefficient (Wildman–Crippen LogP) is 6.81. The van der Waals surface area contributed by atoms with E-state index in [0.717, 1.165) is 61.3 Å². The summed E-state index contributed by atoms with van der Waals surface area (Å²) in [5.41, 5.74) is 2.57. The molecule has 1 aromatic carbocycles. The first kappa shape index (κ1) is 26.7. The zero-order valence-electron chi connectivity index (χ0n) is 21.6. The van der Waals surface area contributed by atoms with Crippen molar-refractivity contribution in [3.05, 3.63) is 71.2 Å². The number of nitrogens with zero attached hydrogens (tertiary/aromatic N) is 4. The number of rotatable bonds is 8. The summed E-state index contributed by atoms with van der Waals surface area (Å²) >= 11 is 0. The lowest BCUT2D eigenvalue weighted by Crippen LogP contribution is -2.27. The van der Waals surface area contributed by atoms with Crippen LogP contribution in [0.3, 0.4) is 0 Å². The average Bonchev–Trinajstić information content (AvgIpc) is 3.28.